The molecule has 0 radical (unpaired) electrons. The van der Waals surface area contributed by atoms with Gasteiger partial charge in [-0.2, -0.15) is 0 Å². The quantitative estimate of drug-likeness (QED) is 0.651. The molecule has 2 unspecified atom stereocenters. The Labute approximate surface area is 105 Å². The summed E-state index contributed by atoms with van der Waals surface area (Å²) in [6, 6.07) is 15.5. The Hall–Kier alpha value is -0.820. The Kier molecular flexibility index (Phi) is 2.72. The van der Waals surface area contributed by atoms with Gasteiger partial charge >= 0.3 is 0 Å². The van der Waals surface area contributed by atoms with Crippen LogP contribution in [0.4, 0.5) is 0 Å². The molecule has 3 rings (SSSR count). The molecule has 2 aromatic carbocycles. The summed E-state index contributed by atoms with van der Waals surface area (Å²) in [6.45, 7) is 0. The average molecular weight is 275 g/mol. The number of hydrogen-bond donors (Lipinski definition) is 0. The lowest BCUT2D eigenvalue weighted by molar-refractivity contribution is 0.744. The molecule has 0 aliphatic heterocycles. The predicted molar refractivity (Wildman–Crippen MR) is 73.3 cm³/mol. The Bertz CT molecular complexity index is 504. The van der Waals surface area contributed by atoms with Crippen LogP contribution in [0.25, 0.3) is 10.8 Å². The summed E-state index contributed by atoms with van der Waals surface area (Å²) in [5.41, 5.74) is 1.50. The highest BCUT2D eigenvalue weighted by Gasteiger charge is 2.26. The third-order valence-electron chi connectivity index (χ3n) is 3.63. The van der Waals surface area contributed by atoms with Crippen LogP contribution in [0, 0.1) is 0 Å². The number of benzene rings is 2. The third-order valence-corrected chi connectivity index (χ3v) is 4.73. The van der Waals surface area contributed by atoms with E-state index in [1.807, 2.05) is 0 Å². The lowest BCUT2D eigenvalue weighted by Crippen LogP contribution is -2.03. The van der Waals surface area contributed by atoms with E-state index in [-0.39, 0.29) is 0 Å². The lowest BCUT2D eigenvalue weighted by atomic mass is 9.95. The van der Waals surface area contributed by atoms with Crippen molar-refractivity contribution in [1.82, 2.24) is 0 Å². The molecule has 1 heteroatoms. The minimum atomic E-state index is 0.675. The molecule has 2 atom stereocenters. The molecular formula is C15H15Br. The highest BCUT2D eigenvalue weighted by atomic mass is 79.9. The second kappa shape index (κ2) is 4.21. The van der Waals surface area contributed by atoms with Gasteiger partial charge in [-0.3, -0.25) is 0 Å². The summed E-state index contributed by atoms with van der Waals surface area (Å²) < 4.78 is 0. The summed E-state index contributed by atoms with van der Waals surface area (Å²) in [4.78, 5) is 0.675. The predicted octanol–water partition coefficient (Wildman–Crippen LogP) is 4.87. The van der Waals surface area contributed by atoms with Crippen molar-refractivity contribution in [3.8, 4) is 0 Å². The molecule has 1 aliphatic carbocycles. The van der Waals surface area contributed by atoms with Crippen molar-refractivity contribution in [1.29, 1.82) is 0 Å². The number of halogens is 1. The van der Waals surface area contributed by atoms with Crippen LogP contribution in [0.1, 0.15) is 30.7 Å². The Balaban J connectivity index is 2.04. The number of hydrogen-bond acceptors (Lipinski definition) is 0. The average Bonchev–Trinajstić information content (AvgIpc) is 2.75. The molecule has 0 N–H and O–H groups in total. The zero-order valence-corrected chi connectivity index (χ0v) is 10.8. The molecule has 1 saturated carbocycles. The molecule has 1 aliphatic rings. The first-order valence-corrected chi connectivity index (χ1v) is 6.89. The van der Waals surface area contributed by atoms with Crippen LogP contribution in [0.15, 0.2) is 42.5 Å². The van der Waals surface area contributed by atoms with E-state index in [0.717, 1.165) is 0 Å². The molecule has 2 aromatic rings. The van der Waals surface area contributed by atoms with Crippen LogP contribution in [0.2, 0.25) is 0 Å². The molecule has 0 amide bonds. The largest absolute Gasteiger partial charge is 0.0884 e. The molecule has 16 heavy (non-hydrogen) atoms. The van der Waals surface area contributed by atoms with Crippen molar-refractivity contribution in [3.05, 3.63) is 48.0 Å². The van der Waals surface area contributed by atoms with Crippen LogP contribution in [0.5, 0.6) is 0 Å². The maximum atomic E-state index is 3.81. The fourth-order valence-corrected chi connectivity index (χ4v) is 3.62. The van der Waals surface area contributed by atoms with E-state index in [9.17, 15) is 0 Å². The lowest BCUT2D eigenvalue weighted by Gasteiger charge is -2.15. The van der Waals surface area contributed by atoms with Crippen LogP contribution >= 0.6 is 15.9 Å². The first kappa shape index (κ1) is 10.3. The van der Waals surface area contributed by atoms with Gasteiger partial charge in [0.15, 0.2) is 0 Å². The fourth-order valence-electron chi connectivity index (χ4n) is 2.73. The minimum absolute atomic E-state index is 0.675. The first-order valence-electron chi connectivity index (χ1n) is 5.97. The topological polar surface area (TPSA) is 0 Å². The second-order valence-corrected chi connectivity index (χ2v) is 5.84. The molecule has 0 nitrogen and oxygen atoms in total. The van der Waals surface area contributed by atoms with E-state index >= 15 is 0 Å². The molecule has 0 bridgehead atoms. The molecular weight excluding hydrogens is 260 g/mol. The highest BCUT2D eigenvalue weighted by Crippen LogP contribution is 2.39. The standard InChI is InChI=1S/C15H15Br/c16-15-7-3-6-14(15)13-9-8-11-4-1-2-5-12(11)10-13/h1-2,4-5,8-10,14-15H,3,6-7H2. The summed E-state index contributed by atoms with van der Waals surface area (Å²) in [6.07, 6.45) is 4.00. The minimum Gasteiger partial charge on any atom is -0.0884 e. The van der Waals surface area contributed by atoms with Gasteiger partial charge in [0.1, 0.15) is 0 Å². The Morgan fingerprint density at radius 2 is 1.75 bits per heavy atom. The fraction of sp³-hybridized carbons (Fsp3) is 0.333. The van der Waals surface area contributed by atoms with Crippen LogP contribution in [-0.4, -0.2) is 4.83 Å². The van der Waals surface area contributed by atoms with Gasteiger partial charge in [-0.05, 0) is 35.1 Å². The van der Waals surface area contributed by atoms with E-state index in [2.05, 4.69) is 58.4 Å². The molecule has 82 valence electrons. The van der Waals surface area contributed by atoms with Crippen LogP contribution in [0.3, 0.4) is 0 Å². The second-order valence-electron chi connectivity index (χ2n) is 4.66. The highest BCUT2D eigenvalue weighted by molar-refractivity contribution is 9.09. The van der Waals surface area contributed by atoms with E-state index in [0.29, 0.717) is 10.7 Å². The number of fused-ring (bicyclic) bond motifs is 1. The zero-order valence-electron chi connectivity index (χ0n) is 9.20. The number of rotatable bonds is 1. The van der Waals surface area contributed by atoms with Gasteiger partial charge in [0, 0.05) is 4.83 Å². The van der Waals surface area contributed by atoms with E-state index in [1.54, 1.807) is 0 Å². The van der Waals surface area contributed by atoms with Gasteiger partial charge in [0.25, 0.3) is 0 Å². The first-order chi connectivity index (χ1) is 7.84. The monoisotopic (exact) mass is 274 g/mol. The van der Waals surface area contributed by atoms with Crippen molar-refractivity contribution in [2.45, 2.75) is 30.0 Å². The molecule has 0 aromatic heterocycles. The molecule has 1 fully saturated rings. The van der Waals surface area contributed by atoms with Crippen molar-refractivity contribution in [2.75, 3.05) is 0 Å². The van der Waals surface area contributed by atoms with Gasteiger partial charge in [0.2, 0.25) is 0 Å². The summed E-state index contributed by atoms with van der Waals surface area (Å²) in [5.74, 6) is 0.713. The molecule has 0 spiro atoms. The molecule has 0 heterocycles. The van der Waals surface area contributed by atoms with Gasteiger partial charge in [-0.25, -0.2) is 0 Å². The van der Waals surface area contributed by atoms with Crippen LogP contribution in [-0.2, 0) is 0 Å². The van der Waals surface area contributed by atoms with Crippen molar-refractivity contribution < 1.29 is 0 Å². The van der Waals surface area contributed by atoms with Gasteiger partial charge < -0.3 is 0 Å². The zero-order chi connectivity index (χ0) is 11.0. The Morgan fingerprint density at radius 1 is 0.938 bits per heavy atom. The summed E-state index contributed by atoms with van der Waals surface area (Å²) in [7, 11) is 0. The number of alkyl halides is 1. The molecule has 0 saturated heterocycles. The van der Waals surface area contributed by atoms with Crippen molar-refractivity contribution in [2.24, 2.45) is 0 Å². The maximum absolute atomic E-state index is 3.81. The van der Waals surface area contributed by atoms with Gasteiger partial charge in [-0.15, -0.1) is 0 Å². The summed E-state index contributed by atoms with van der Waals surface area (Å²) >= 11 is 3.81. The van der Waals surface area contributed by atoms with Gasteiger partial charge in [0.05, 0.1) is 0 Å². The van der Waals surface area contributed by atoms with E-state index in [4.69, 9.17) is 0 Å². The normalized spacial score (nSPS) is 25.1. The van der Waals surface area contributed by atoms with Crippen molar-refractivity contribution >= 4 is 26.7 Å². The van der Waals surface area contributed by atoms with Crippen LogP contribution < -0.4 is 0 Å². The summed E-state index contributed by atoms with van der Waals surface area (Å²) in [5, 5.41) is 2.71. The maximum Gasteiger partial charge on any atom is 0.0214 e. The van der Waals surface area contributed by atoms with E-state index < -0.39 is 0 Å². The van der Waals surface area contributed by atoms with Crippen molar-refractivity contribution in [3.63, 3.8) is 0 Å². The van der Waals surface area contributed by atoms with E-state index in [1.165, 1.54) is 35.6 Å². The Morgan fingerprint density at radius 3 is 2.50 bits per heavy atom. The smallest absolute Gasteiger partial charge is 0.0214 e. The third kappa shape index (κ3) is 1.78. The van der Waals surface area contributed by atoms with Gasteiger partial charge in [-0.1, -0.05) is 64.8 Å². The SMILES string of the molecule is BrC1CCCC1c1ccc2ccccc2c1.